The first kappa shape index (κ1) is 23.7. The van der Waals surface area contributed by atoms with Gasteiger partial charge in [-0.2, -0.15) is 13.2 Å². The van der Waals surface area contributed by atoms with Crippen LogP contribution < -0.4 is 0 Å². The molecule has 0 amide bonds. The van der Waals surface area contributed by atoms with Gasteiger partial charge in [-0.15, -0.1) is 22.7 Å². The van der Waals surface area contributed by atoms with E-state index in [1.54, 1.807) is 25.4 Å². The maximum atomic E-state index is 13.2. The highest BCUT2D eigenvalue weighted by atomic mass is 32.2. The Labute approximate surface area is 206 Å². The molecule has 0 saturated carbocycles. The Morgan fingerprint density at radius 1 is 1.00 bits per heavy atom. The fraction of sp³-hybridized carbons (Fsp3) is 0.227. The van der Waals surface area contributed by atoms with Gasteiger partial charge in [-0.1, -0.05) is 13.0 Å². The number of aromatic nitrogens is 5. The van der Waals surface area contributed by atoms with E-state index < -0.39 is 21.6 Å². The highest BCUT2D eigenvalue weighted by Crippen LogP contribution is 2.39. The van der Waals surface area contributed by atoms with E-state index in [0.29, 0.717) is 5.82 Å². The van der Waals surface area contributed by atoms with Gasteiger partial charge < -0.3 is 9.13 Å². The Bertz CT molecular complexity index is 1660. The van der Waals surface area contributed by atoms with Crippen molar-refractivity contribution >= 4 is 43.7 Å². The van der Waals surface area contributed by atoms with Crippen LogP contribution in [0, 0.1) is 0 Å². The van der Waals surface area contributed by atoms with Crippen molar-refractivity contribution < 1.29 is 21.6 Å². The smallest absolute Gasteiger partial charge is 0.317 e. The zero-order valence-corrected chi connectivity index (χ0v) is 21.1. The van der Waals surface area contributed by atoms with Gasteiger partial charge in [0.1, 0.15) is 11.2 Å². The summed E-state index contributed by atoms with van der Waals surface area (Å²) < 4.78 is 68.8. The van der Waals surface area contributed by atoms with Gasteiger partial charge >= 0.3 is 6.18 Å². The molecular weight excluding hydrogens is 519 g/mol. The number of rotatable bonds is 5. The number of thiophene rings is 2. The fourth-order valence-corrected chi connectivity index (χ4v) is 6.87. The van der Waals surface area contributed by atoms with Crippen molar-refractivity contribution in [2.75, 3.05) is 5.75 Å². The monoisotopic (exact) mass is 537 g/mol. The van der Waals surface area contributed by atoms with E-state index in [4.69, 9.17) is 0 Å². The summed E-state index contributed by atoms with van der Waals surface area (Å²) in [6, 6.07) is 8.68. The standard InChI is InChI=1S/C22H18F3N5O2S3/c1-4-35(31,32)21-17(20-27-13-10-12(22(23,24)25)11-26-18(13)29(20)2)28-19(30(21)3)16-8-7-15(34-16)14-6-5-9-33-14/h5-11H,4H2,1-3H3. The number of fused-ring (bicyclic) bond motifs is 1. The number of nitrogens with zero attached hydrogens (tertiary/aromatic N) is 5. The second-order valence-electron chi connectivity index (χ2n) is 7.75. The molecule has 0 unspecified atom stereocenters. The Hall–Kier alpha value is -3.03. The minimum absolute atomic E-state index is 0.000444. The van der Waals surface area contributed by atoms with Crippen molar-refractivity contribution in [3.05, 3.63) is 47.5 Å². The normalized spacial score (nSPS) is 12.6. The van der Waals surface area contributed by atoms with Crippen LogP contribution in [0.5, 0.6) is 0 Å². The first-order valence-electron chi connectivity index (χ1n) is 10.3. The van der Waals surface area contributed by atoms with E-state index in [1.807, 2.05) is 29.6 Å². The molecule has 0 aliphatic rings. The lowest BCUT2D eigenvalue weighted by Crippen LogP contribution is -2.11. The summed E-state index contributed by atoms with van der Waals surface area (Å²) in [7, 11) is -0.580. The van der Waals surface area contributed by atoms with Crippen LogP contribution in [0.1, 0.15) is 12.5 Å². The summed E-state index contributed by atoms with van der Waals surface area (Å²) in [4.78, 5) is 15.8. The van der Waals surface area contributed by atoms with Gasteiger partial charge in [0.2, 0.25) is 0 Å². The Balaban J connectivity index is 1.72. The molecule has 0 spiro atoms. The number of alkyl halides is 3. The molecule has 0 aliphatic heterocycles. The molecule has 7 nitrogen and oxygen atoms in total. The molecular formula is C22H18F3N5O2S3. The van der Waals surface area contributed by atoms with E-state index in [9.17, 15) is 21.6 Å². The van der Waals surface area contributed by atoms with E-state index >= 15 is 0 Å². The van der Waals surface area contributed by atoms with Crippen LogP contribution in [0.4, 0.5) is 13.2 Å². The molecule has 0 atom stereocenters. The minimum atomic E-state index is -4.58. The SMILES string of the molecule is CCS(=O)(=O)c1c(-c2nc3cc(C(F)(F)F)cnc3n2C)nc(-c2ccc(-c3cccs3)s2)n1C. The van der Waals surface area contributed by atoms with Gasteiger partial charge in [0.05, 0.1) is 16.2 Å². The first-order chi connectivity index (χ1) is 16.5. The van der Waals surface area contributed by atoms with Crippen LogP contribution in [-0.2, 0) is 30.1 Å². The fourth-order valence-electron chi connectivity index (χ4n) is 3.79. The summed E-state index contributed by atoms with van der Waals surface area (Å²) in [5.74, 6) is 0.371. The minimum Gasteiger partial charge on any atom is -0.317 e. The van der Waals surface area contributed by atoms with Crippen LogP contribution in [0.15, 0.2) is 46.9 Å². The lowest BCUT2D eigenvalue weighted by atomic mass is 10.2. The van der Waals surface area contributed by atoms with E-state index in [1.165, 1.54) is 27.4 Å². The van der Waals surface area contributed by atoms with Gasteiger partial charge in [-0.3, -0.25) is 0 Å². The number of hydrogen-bond acceptors (Lipinski definition) is 7. The maximum Gasteiger partial charge on any atom is 0.417 e. The average molecular weight is 538 g/mol. The summed E-state index contributed by atoms with van der Waals surface area (Å²) in [5, 5.41) is 1.93. The highest BCUT2D eigenvalue weighted by Gasteiger charge is 2.33. The Morgan fingerprint density at radius 3 is 2.40 bits per heavy atom. The van der Waals surface area contributed by atoms with Crippen LogP contribution in [0.25, 0.3) is 43.1 Å². The van der Waals surface area contributed by atoms with Crippen molar-refractivity contribution in [3.63, 3.8) is 0 Å². The molecule has 5 aromatic heterocycles. The predicted octanol–water partition coefficient (Wildman–Crippen LogP) is 5.64. The van der Waals surface area contributed by atoms with E-state index in [0.717, 1.165) is 26.9 Å². The van der Waals surface area contributed by atoms with Crippen molar-refractivity contribution in [2.24, 2.45) is 14.1 Å². The number of sulfone groups is 1. The summed E-state index contributed by atoms with van der Waals surface area (Å²) in [6.07, 6.45) is -3.84. The third kappa shape index (κ3) is 3.96. The van der Waals surface area contributed by atoms with Gasteiger partial charge in [-0.05, 0) is 29.6 Å². The number of halogens is 3. The van der Waals surface area contributed by atoms with Crippen LogP contribution in [0.2, 0.25) is 0 Å². The Kier molecular flexibility index (Phi) is 5.61. The Morgan fingerprint density at radius 2 is 1.74 bits per heavy atom. The van der Waals surface area contributed by atoms with Crippen molar-refractivity contribution in [3.8, 4) is 32.0 Å². The first-order valence-corrected chi connectivity index (χ1v) is 13.7. The molecule has 182 valence electrons. The zero-order chi connectivity index (χ0) is 25.1. The maximum absolute atomic E-state index is 13.2. The topological polar surface area (TPSA) is 82.7 Å². The third-order valence-corrected chi connectivity index (χ3v) is 9.52. The number of aryl methyl sites for hydroxylation is 1. The van der Waals surface area contributed by atoms with Crippen LogP contribution in [0.3, 0.4) is 0 Å². The molecule has 35 heavy (non-hydrogen) atoms. The van der Waals surface area contributed by atoms with Gasteiger partial charge in [-0.25, -0.2) is 23.4 Å². The van der Waals surface area contributed by atoms with Crippen LogP contribution >= 0.6 is 22.7 Å². The van der Waals surface area contributed by atoms with Gasteiger partial charge in [0, 0.05) is 30.0 Å². The summed E-state index contributed by atoms with van der Waals surface area (Å²) in [5.41, 5.74) is -0.668. The highest BCUT2D eigenvalue weighted by molar-refractivity contribution is 7.91. The molecule has 5 heterocycles. The van der Waals surface area contributed by atoms with E-state index in [2.05, 4.69) is 15.0 Å². The molecule has 0 radical (unpaired) electrons. The lowest BCUT2D eigenvalue weighted by molar-refractivity contribution is -0.137. The molecule has 13 heteroatoms. The summed E-state index contributed by atoms with van der Waals surface area (Å²) >= 11 is 3.07. The zero-order valence-electron chi connectivity index (χ0n) is 18.7. The number of pyridine rings is 1. The van der Waals surface area contributed by atoms with Gasteiger partial charge in [0.25, 0.3) is 0 Å². The van der Waals surface area contributed by atoms with Crippen molar-refractivity contribution in [1.82, 2.24) is 24.1 Å². The average Bonchev–Trinajstić information content (AvgIpc) is 3.58. The molecule has 0 saturated heterocycles. The second-order valence-corrected chi connectivity index (χ2v) is 12.0. The number of imidazole rings is 2. The number of hydrogen-bond donors (Lipinski definition) is 0. The largest absolute Gasteiger partial charge is 0.417 e. The molecule has 0 aliphatic carbocycles. The van der Waals surface area contributed by atoms with E-state index in [-0.39, 0.29) is 33.5 Å². The molecule has 0 fully saturated rings. The second kappa shape index (κ2) is 8.28. The van der Waals surface area contributed by atoms with Crippen molar-refractivity contribution in [1.29, 1.82) is 0 Å². The van der Waals surface area contributed by atoms with Gasteiger partial charge in [0.15, 0.2) is 32.2 Å². The molecule has 5 rings (SSSR count). The lowest BCUT2D eigenvalue weighted by Gasteiger charge is -2.07. The predicted molar refractivity (Wildman–Crippen MR) is 130 cm³/mol. The molecule has 0 N–H and O–H groups in total. The van der Waals surface area contributed by atoms with Crippen LogP contribution in [-0.4, -0.2) is 38.3 Å². The molecule has 0 aromatic carbocycles. The third-order valence-electron chi connectivity index (χ3n) is 5.56. The summed E-state index contributed by atoms with van der Waals surface area (Å²) in [6.45, 7) is 1.53. The van der Waals surface area contributed by atoms with Crippen molar-refractivity contribution in [2.45, 2.75) is 18.1 Å². The quantitative estimate of drug-likeness (QED) is 0.290. The molecule has 5 aromatic rings. The molecule has 0 bridgehead atoms.